The summed E-state index contributed by atoms with van der Waals surface area (Å²) >= 11 is 9.16. The summed E-state index contributed by atoms with van der Waals surface area (Å²) in [6.45, 7) is 0. The smallest absolute Gasteiger partial charge is 0.381 e. The summed E-state index contributed by atoms with van der Waals surface area (Å²) in [4.78, 5) is 20.5. The Morgan fingerprint density at radius 2 is 2.00 bits per heavy atom. The van der Waals surface area contributed by atoms with E-state index in [4.69, 9.17) is 11.6 Å². The number of hydrogen-bond acceptors (Lipinski definition) is 4. The van der Waals surface area contributed by atoms with Crippen molar-refractivity contribution in [3.05, 3.63) is 0 Å². The summed E-state index contributed by atoms with van der Waals surface area (Å²) in [6.07, 6.45) is 0. The Morgan fingerprint density at radius 3 is 2.11 bits per heavy atom. The molecule has 0 aliphatic heterocycles. The lowest BCUT2D eigenvalue weighted by Gasteiger charge is -1.90. The van der Waals surface area contributed by atoms with Crippen molar-refractivity contribution in [2.45, 2.75) is 0 Å². The number of ketones is 1. The molecule has 0 aromatic carbocycles. The zero-order valence-corrected chi connectivity index (χ0v) is 6.08. The molecule has 0 heterocycles. The van der Waals surface area contributed by atoms with Crippen molar-refractivity contribution < 1.29 is 14.3 Å². The van der Waals surface area contributed by atoms with Crippen LogP contribution < -0.4 is 0 Å². The quantitative estimate of drug-likeness (QED) is 0.256. The summed E-state index contributed by atoms with van der Waals surface area (Å²) in [6, 6.07) is 0. The molecular weight excluding hydrogens is 164 g/mol. The van der Waals surface area contributed by atoms with Crippen LogP contribution in [0.5, 0.6) is 0 Å². The van der Waals surface area contributed by atoms with E-state index >= 15 is 0 Å². The van der Waals surface area contributed by atoms with E-state index in [1.165, 1.54) is 0 Å². The number of carbonyl (C=O) groups excluding carboxylic acids is 2. The number of methoxy groups -OCH3 is 1. The van der Waals surface area contributed by atoms with Crippen molar-refractivity contribution in [3.8, 4) is 0 Å². The second-order valence-corrected chi connectivity index (χ2v) is 2.10. The molecule has 5 heteroatoms. The molecule has 0 unspecified atom stereocenters. The van der Waals surface area contributed by atoms with E-state index in [0.717, 1.165) is 7.11 Å². The van der Waals surface area contributed by atoms with E-state index in [1.807, 2.05) is 0 Å². The molecule has 0 fully saturated rings. The van der Waals surface area contributed by atoms with Crippen LogP contribution in [0.1, 0.15) is 0 Å². The molecule has 0 rings (SSSR count). The number of ether oxygens (including phenoxy) is 1. The van der Waals surface area contributed by atoms with Gasteiger partial charge >= 0.3 is 5.97 Å². The molecule has 3 nitrogen and oxygen atoms in total. The molecule has 0 aromatic rings. The van der Waals surface area contributed by atoms with Gasteiger partial charge in [-0.1, -0.05) is 23.8 Å². The summed E-state index contributed by atoms with van der Waals surface area (Å²) in [7, 11) is 1.08. The first-order valence-corrected chi connectivity index (χ1v) is 2.70. The minimum Gasteiger partial charge on any atom is -0.463 e. The van der Waals surface area contributed by atoms with Gasteiger partial charge < -0.3 is 4.74 Å². The van der Waals surface area contributed by atoms with Crippen LogP contribution in [0, 0.1) is 0 Å². The fourth-order valence-electron chi connectivity index (χ4n) is 0.173. The Balaban J connectivity index is 4.05. The monoisotopic (exact) mass is 166 g/mol. The molecule has 9 heavy (non-hydrogen) atoms. The van der Waals surface area contributed by atoms with Crippen LogP contribution in [0.2, 0.25) is 0 Å². The first-order chi connectivity index (χ1) is 4.09. The lowest BCUT2D eigenvalue weighted by Crippen LogP contribution is -2.19. The molecule has 0 aliphatic rings. The second kappa shape index (κ2) is 3.53. The Kier molecular flexibility index (Phi) is 3.34. The van der Waals surface area contributed by atoms with Crippen molar-refractivity contribution in [2.24, 2.45) is 0 Å². The van der Waals surface area contributed by atoms with Gasteiger partial charge in [-0.05, 0) is 0 Å². The van der Waals surface area contributed by atoms with Gasteiger partial charge in [-0.25, -0.2) is 4.79 Å². The average Bonchev–Trinajstić information content (AvgIpc) is 1.84. The highest BCUT2D eigenvalue weighted by Gasteiger charge is 2.16. The third kappa shape index (κ3) is 2.53. The van der Waals surface area contributed by atoms with Gasteiger partial charge in [0.2, 0.25) is 0 Å². The minimum atomic E-state index is -1.03. The molecule has 0 amide bonds. The van der Waals surface area contributed by atoms with Crippen LogP contribution in [0.4, 0.5) is 0 Å². The first kappa shape index (κ1) is 8.52. The Labute approximate surface area is 61.9 Å². The topological polar surface area (TPSA) is 43.4 Å². The SMILES string of the molecule is COC(=O)C(=O)C(=S)Cl. The maximum atomic E-state index is 10.3. The normalized spacial score (nSPS) is 8.22. The Bertz CT molecular complexity index is 165. The first-order valence-electron chi connectivity index (χ1n) is 1.91. The van der Waals surface area contributed by atoms with E-state index in [1.54, 1.807) is 0 Å². The second-order valence-electron chi connectivity index (χ2n) is 1.09. The number of thiocarbonyl (C=S) groups is 1. The van der Waals surface area contributed by atoms with Crippen molar-refractivity contribution in [1.29, 1.82) is 0 Å². The predicted molar refractivity (Wildman–Crippen MR) is 35.5 cm³/mol. The van der Waals surface area contributed by atoms with Crippen LogP contribution in [0.15, 0.2) is 0 Å². The number of rotatable bonds is 2. The molecule has 0 aliphatic carbocycles. The van der Waals surface area contributed by atoms with E-state index in [-0.39, 0.29) is 0 Å². The fourth-order valence-corrected chi connectivity index (χ4v) is 0.333. The molecule has 0 aromatic heterocycles. The summed E-state index contributed by atoms with van der Waals surface area (Å²) in [5, 5.41) is 0. The van der Waals surface area contributed by atoms with Gasteiger partial charge in [0, 0.05) is 0 Å². The lowest BCUT2D eigenvalue weighted by molar-refractivity contribution is -0.148. The molecule has 0 saturated carbocycles. The predicted octanol–water partition coefficient (Wildman–Crippen LogP) is 0.295. The van der Waals surface area contributed by atoms with Gasteiger partial charge in [0.1, 0.15) is 0 Å². The highest BCUT2D eigenvalue weighted by atomic mass is 35.5. The molecule has 0 N–H and O–H groups in total. The highest BCUT2D eigenvalue weighted by molar-refractivity contribution is 7.85. The summed E-state index contributed by atoms with van der Waals surface area (Å²) in [5.41, 5.74) is 0. The van der Waals surface area contributed by atoms with Crippen molar-refractivity contribution in [2.75, 3.05) is 7.11 Å². The van der Waals surface area contributed by atoms with Gasteiger partial charge in [-0.15, -0.1) is 0 Å². The molecule has 0 bridgehead atoms. The van der Waals surface area contributed by atoms with Gasteiger partial charge in [-0.2, -0.15) is 0 Å². The molecule has 50 valence electrons. The van der Waals surface area contributed by atoms with E-state index in [2.05, 4.69) is 17.0 Å². The van der Waals surface area contributed by atoms with Crippen molar-refractivity contribution in [3.63, 3.8) is 0 Å². The van der Waals surface area contributed by atoms with E-state index in [9.17, 15) is 9.59 Å². The standard InChI is InChI=1S/C4H3ClO3S/c1-8-4(7)2(6)3(5)9/h1H3. The van der Waals surface area contributed by atoms with Crippen LogP contribution >= 0.6 is 23.8 Å². The van der Waals surface area contributed by atoms with Gasteiger partial charge in [0.05, 0.1) is 7.11 Å². The summed E-state index contributed by atoms with van der Waals surface area (Å²) < 4.78 is 3.51. The largest absolute Gasteiger partial charge is 0.463 e. The van der Waals surface area contributed by atoms with Crippen molar-refractivity contribution >= 4 is 39.9 Å². The zero-order chi connectivity index (χ0) is 7.44. The maximum Gasteiger partial charge on any atom is 0.381 e. The van der Waals surface area contributed by atoms with Gasteiger partial charge in [-0.3, -0.25) is 4.79 Å². The lowest BCUT2D eigenvalue weighted by atomic mass is 10.5. The highest BCUT2D eigenvalue weighted by Crippen LogP contribution is 1.88. The third-order valence-electron chi connectivity index (χ3n) is 0.549. The molecule has 0 atom stereocenters. The molecule has 0 spiro atoms. The van der Waals surface area contributed by atoms with Crippen LogP contribution in [0.3, 0.4) is 0 Å². The molecule has 0 saturated heterocycles. The fraction of sp³-hybridized carbons (Fsp3) is 0.250. The number of halogens is 1. The van der Waals surface area contributed by atoms with Crippen LogP contribution in [-0.4, -0.2) is 23.2 Å². The minimum absolute atomic E-state index is 0.498. The van der Waals surface area contributed by atoms with Gasteiger partial charge in [0.15, 0.2) is 4.32 Å². The Hall–Kier alpha value is -0.480. The number of hydrogen-bond donors (Lipinski definition) is 0. The molecular formula is C4H3ClO3S. The number of esters is 1. The summed E-state index contributed by atoms with van der Waals surface area (Å²) in [5.74, 6) is -2.01. The van der Waals surface area contributed by atoms with E-state index in [0.29, 0.717) is 0 Å². The average molecular weight is 167 g/mol. The van der Waals surface area contributed by atoms with Crippen molar-refractivity contribution in [1.82, 2.24) is 0 Å². The third-order valence-corrected chi connectivity index (χ3v) is 0.906. The van der Waals surface area contributed by atoms with E-state index < -0.39 is 16.1 Å². The number of Topliss-reactive ketones (excluding diaryl/α,β-unsaturated/α-hetero) is 1. The maximum absolute atomic E-state index is 10.3. The van der Waals surface area contributed by atoms with Gasteiger partial charge in [0.25, 0.3) is 5.78 Å². The number of carbonyl (C=O) groups is 2. The van der Waals surface area contributed by atoms with Crippen LogP contribution in [0.25, 0.3) is 0 Å². The Morgan fingerprint density at radius 1 is 1.56 bits per heavy atom. The zero-order valence-electron chi connectivity index (χ0n) is 4.51. The molecule has 0 radical (unpaired) electrons. The van der Waals surface area contributed by atoms with Crippen LogP contribution in [-0.2, 0) is 14.3 Å².